The molecule has 1 aromatic heterocycles. The molecule has 0 atom stereocenters. The van der Waals surface area contributed by atoms with Gasteiger partial charge in [-0.1, -0.05) is 15.9 Å². The highest BCUT2D eigenvalue weighted by Crippen LogP contribution is 2.27. The third-order valence-electron chi connectivity index (χ3n) is 1.32. The Labute approximate surface area is 86.2 Å². The zero-order valence-corrected chi connectivity index (χ0v) is 8.39. The SMILES string of the molecule is Nc1cc(CBr)ncc1OC(F)(F)F. The predicted molar refractivity (Wildman–Crippen MR) is 48.0 cm³/mol. The molecule has 0 aliphatic carbocycles. The first-order valence-corrected chi connectivity index (χ1v) is 4.60. The van der Waals surface area contributed by atoms with Crippen molar-refractivity contribution in [3.05, 3.63) is 18.0 Å². The van der Waals surface area contributed by atoms with Gasteiger partial charge in [0.2, 0.25) is 0 Å². The third kappa shape index (κ3) is 3.06. The summed E-state index contributed by atoms with van der Waals surface area (Å²) in [7, 11) is 0. The number of anilines is 1. The van der Waals surface area contributed by atoms with Gasteiger partial charge in [-0.25, -0.2) is 0 Å². The summed E-state index contributed by atoms with van der Waals surface area (Å²) >= 11 is 3.10. The summed E-state index contributed by atoms with van der Waals surface area (Å²) in [6.07, 6.45) is -3.80. The van der Waals surface area contributed by atoms with Crippen molar-refractivity contribution in [3.63, 3.8) is 0 Å². The fraction of sp³-hybridized carbons (Fsp3) is 0.286. The molecule has 3 nitrogen and oxygen atoms in total. The van der Waals surface area contributed by atoms with Gasteiger partial charge in [-0.3, -0.25) is 4.98 Å². The number of hydrogen-bond acceptors (Lipinski definition) is 3. The Morgan fingerprint density at radius 3 is 2.57 bits per heavy atom. The summed E-state index contributed by atoms with van der Waals surface area (Å²) in [6, 6.07) is 1.32. The molecule has 0 unspecified atom stereocenters. The minimum absolute atomic E-state index is 0.0909. The second-order valence-electron chi connectivity index (χ2n) is 2.39. The van der Waals surface area contributed by atoms with E-state index in [1.807, 2.05) is 0 Å². The highest BCUT2D eigenvalue weighted by molar-refractivity contribution is 9.08. The lowest BCUT2D eigenvalue weighted by atomic mass is 10.3. The molecule has 1 heterocycles. The zero-order valence-electron chi connectivity index (χ0n) is 6.81. The molecule has 1 aromatic rings. The molecule has 0 aliphatic heterocycles. The van der Waals surface area contributed by atoms with E-state index in [-0.39, 0.29) is 5.69 Å². The van der Waals surface area contributed by atoms with E-state index >= 15 is 0 Å². The summed E-state index contributed by atoms with van der Waals surface area (Å²) in [5.41, 5.74) is 5.77. The zero-order chi connectivity index (χ0) is 10.8. The van der Waals surface area contributed by atoms with Crippen LogP contribution in [0.2, 0.25) is 0 Å². The number of hydrogen-bond donors (Lipinski definition) is 1. The summed E-state index contributed by atoms with van der Waals surface area (Å²) in [6.45, 7) is 0. The molecule has 0 saturated heterocycles. The van der Waals surface area contributed by atoms with Crippen LogP contribution >= 0.6 is 15.9 Å². The average Bonchev–Trinajstić information content (AvgIpc) is 2.06. The number of nitrogens with two attached hydrogens (primary N) is 1. The number of ether oxygens (including phenoxy) is 1. The average molecular weight is 271 g/mol. The fourth-order valence-electron chi connectivity index (χ4n) is 0.787. The van der Waals surface area contributed by atoms with Crippen LogP contribution in [0.4, 0.5) is 18.9 Å². The first-order valence-electron chi connectivity index (χ1n) is 3.48. The van der Waals surface area contributed by atoms with Crippen LogP contribution in [0.25, 0.3) is 0 Å². The highest BCUT2D eigenvalue weighted by Gasteiger charge is 2.32. The van der Waals surface area contributed by atoms with Gasteiger partial charge >= 0.3 is 6.36 Å². The number of rotatable bonds is 2. The number of nitrogens with zero attached hydrogens (tertiary/aromatic N) is 1. The second-order valence-corrected chi connectivity index (χ2v) is 2.96. The van der Waals surface area contributed by atoms with E-state index in [0.717, 1.165) is 6.20 Å². The third-order valence-corrected chi connectivity index (χ3v) is 1.89. The number of halogens is 4. The Bertz CT molecular complexity index is 329. The van der Waals surface area contributed by atoms with E-state index in [9.17, 15) is 13.2 Å². The topological polar surface area (TPSA) is 48.1 Å². The maximum absolute atomic E-state index is 11.8. The van der Waals surface area contributed by atoms with Crippen LogP contribution in [0, 0.1) is 0 Å². The van der Waals surface area contributed by atoms with Gasteiger partial charge in [0.05, 0.1) is 17.6 Å². The molecule has 1 rings (SSSR count). The number of alkyl halides is 4. The Kier molecular flexibility index (Phi) is 3.20. The Morgan fingerprint density at radius 2 is 2.14 bits per heavy atom. The van der Waals surface area contributed by atoms with Crippen molar-refractivity contribution in [2.75, 3.05) is 5.73 Å². The molecule has 0 saturated carbocycles. The van der Waals surface area contributed by atoms with Gasteiger partial charge < -0.3 is 10.5 Å². The van der Waals surface area contributed by atoms with Gasteiger partial charge in [-0.2, -0.15) is 0 Å². The summed E-state index contributed by atoms with van der Waals surface area (Å²) in [4.78, 5) is 3.69. The number of pyridine rings is 1. The van der Waals surface area contributed by atoms with Crippen LogP contribution in [0.15, 0.2) is 12.3 Å². The van der Waals surface area contributed by atoms with Crippen molar-refractivity contribution in [1.82, 2.24) is 4.98 Å². The lowest BCUT2D eigenvalue weighted by molar-refractivity contribution is -0.274. The number of aromatic nitrogens is 1. The van der Waals surface area contributed by atoms with Gasteiger partial charge in [0.1, 0.15) is 0 Å². The van der Waals surface area contributed by atoms with Crippen molar-refractivity contribution in [1.29, 1.82) is 0 Å². The smallest absolute Gasteiger partial charge is 0.402 e. The van der Waals surface area contributed by atoms with E-state index in [1.165, 1.54) is 6.07 Å². The van der Waals surface area contributed by atoms with E-state index in [1.54, 1.807) is 0 Å². The molecule has 0 aliphatic rings. The minimum atomic E-state index is -4.74. The van der Waals surface area contributed by atoms with Crippen LogP contribution in [0.3, 0.4) is 0 Å². The van der Waals surface area contributed by atoms with Crippen molar-refractivity contribution in [2.45, 2.75) is 11.7 Å². The monoisotopic (exact) mass is 270 g/mol. The van der Waals surface area contributed by atoms with Crippen molar-refractivity contribution < 1.29 is 17.9 Å². The molecule has 0 radical (unpaired) electrons. The Balaban J connectivity index is 2.89. The lowest BCUT2D eigenvalue weighted by Gasteiger charge is -2.10. The van der Waals surface area contributed by atoms with Crippen molar-refractivity contribution in [2.24, 2.45) is 0 Å². The maximum Gasteiger partial charge on any atom is 0.573 e. The quantitative estimate of drug-likeness (QED) is 0.840. The molecule has 0 spiro atoms. The lowest BCUT2D eigenvalue weighted by Crippen LogP contribution is -2.18. The molecular formula is C7H6BrF3N2O. The van der Waals surface area contributed by atoms with Gasteiger partial charge in [0.25, 0.3) is 0 Å². The molecule has 0 amide bonds. The highest BCUT2D eigenvalue weighted by atomic mass is 79.9. The van der Waals surface area contributed by atoms with Crippen LogP contribution in [-0.4, -0.2) is 11.3 Å². The van der Waals surface area contributed by atoms with E-state index in [4.69, 9.17) is 5.73 Å². The molecule has 78 valence electrons. The molecule has 14 heavy (non-hydrogen) atoms. The second kappa shape index (κ2) is 4.04. The largest absolute Gasteiger partial charge is 0.573 e. The number of nitrogen functional groups attached to an aromatic ring is 1. The molecule has 0 fully saturated rings. The van der Waals surface area contributed by atoms with Crippen LogP contribution in [0.5, 0.6) is 5.75 Å². The predicted octanol–water partition coefficient (Wildman–Crippen LogP) is 2.46. The molecule has 0 bridgehead atoms. The van der Waals surface area contributed by atoms with Gasteiger partial charge in [-0.15, -0.1) is 13.2 Å². The van der Waals surface area contributed by atoms with E-state index < -0.39 is 12.1 Å². The maximum atomic E-state index is 11.8. The van der Waals surface area contributed by atoms with Crippen molar-refractivity contribution in [3.8, 4) is 5.75 Å². The molecule has 7 heteroatoms. The molecular weight excluding hydrogens is 265 g/mol. The minimum Gasteiger partial charge on any atom is -0.402 e. The molecule has 2 N–H and O–H groups in total. The van der Waals surface area contributed by atoms with E-state index in [0.29, 0.717) is 11.0 Å². The van der Waals surface area contributed by atoms with Crippen LogP contribution < -0.4 is 10.5 Å². The summed E-state index contributed by atoms with van der Waals surface area (Å²) in [5, 5.41) is 0.420. The van der Waals surface area contributed by atoms with Crippen molar-refractivity contribution >= 4 is 21.6 Å². The first-order chi connectivity index (χ1) is 6.42. The van der Waals surface area contributed by atoms with Gasteiger partial charge in [-0.05, 0) is 6.07 Å². The molecule has 0 aromatic carbocycles. The fourth-order valence-corrected chi connectivity index (χ4v) is 1.09. The Morgan fingerprint density at radius 1 is 1.50 bits per heavy atom. The van der Waals surface area contributed by atoms with Crippen LogP contribution in [0.1, 0.15) is 5.69 Å². The van der Waals surface area contributed by atoms with Gasteiger partial charge in [0, 0.05) is 5.33 Å². The Hall–Kier alpha value is -0.980. The van der Waals surface area contributed by atoms with Crippen LogP contribution in [-0.2, 0) is 5.33 Å². The summed E-state index contributed by atoms with van der Waals surface area (Å²) in [5.74, 6) is -0.484. The van der Waals surface area contributed by atoms with E-state index in [2.05, 4.69) is 25.7 Å². The summed E-state index contributed by atoms with van der Waals surface area (Å²) < 4.78 is 39.0. The normalized spacial score (nSPS) is 11.4. The first kappa shape index (κ1) is 11.1. The van der Waals surface area contributed by atoms with Gasteiger partial charge in [0.15, 0.2) is 5.75 Å². The standard InChI is InChI=1S/C7H6BrF3N2O/c8-2-4-1-5(12)6(3-13-4)14-7(9,10)11/h1,3H,2H2,(H2,12,13).